The maximum Gasteiger partial charge on any atom is 0.231 e. The second-order valence-corrected chi connectivity index (χ2v) is 6.76. The van der Waals surface area contributed by atoms with Crippen molar-refractivity contribution in [2.75, 3.05) is 31.9 Å². The van der Waals surface area contributed by atoms with Crippen LogP contribution in [0.3, 0.4) is 0 Å². The van der Waals surface area contributed by atoms with E-state index in [4.69, 9.17) is 14.2 Å². The Morgan fingerprint density at radius 3 is 2.76 bits per heavy atom. The number of benzene rings is 1. The topological polar surface area (TPSA) is 65.5 Å². The van der Waals surface area contributed by atoms with E-state index in [2.05, 4.69) is 27.4 Å². The molecule has 1 aromatic heterocycles. The number of fused-ring (bicyclic) bond motifs is 1. The summed E-state index contributed by atoms with van der Waals surface area (Å²) in [5.74, 6) is 2.50. The lowest BCUT2D eigenvalue weighted by molar-refractivity contribution is 0.0543. The van der Waals surface area contributed by atoms with Crippen molar-refractivity contribution in [3.8, 4) is 11.5 Å². The molecule has 25 heavy (non-hydrogen) atoms. The number of ether oxygens (including phenoxy) is 3. The van der Waals surface area contributed by atoms with Gasteiger partial charge in [0.1, 0.15) is 5.82 Å². The van der Waals surface area contributed by atoms with Crippen LogP contribution in [0.5, 0.6) is 11.5 Å². The van der Waals surface area contributed by atoms with Gasteiger partial charge in [0.05, 0.1) is 11.4 Å². The molecule has 1 N–H and O–H groups in total. The molecule has 0 amide bonds. The molecule has 1 fully saturated rings. The molecular weight excluding hydrogens is 318 g/mol. The Balaban J connectivity index is 1.62. The number of hydrogen-bond acceptors (Lipinski definition) is 6. The first-order valence-corrected chi connectivity index (χ1v) is 8.68. The van der Waals surface area contributed by atoms with Crippen LogP contribution >= 0.6 is 0 Å². The molecule has 132 valence electrons. The molecule has 3 heterocycles. The predicted molar refractivity (Wildman–Crippen MR) is 94.3 cm³/mol. The standard InChI is InChI=1S/C19H23N3O3/c1-13-10-20-14(2)18(22-13)21-11-19(5-7-23-8-6-19)15-3-4-16-17(9-15)25-12-24-16/h3-4,9-10H,5-8,11-12H2,1-2H3,(H,21,22). The van der Waals surface area contributed by atoms with E-state index in [1.54, 1.807) is 6.20 Å². The van der Waals surface area contributed by atoms with Gasteiger partial charge in [-0.3, -0.25) is 4.98 Å². The van der Waals surface area contributed by atoms with Gasteiger partial charge in [-0.2, -0.15) is 0 Å². The summed E-state index contributed by atoms with van der Waals surface area (Å²) in [5, 5.41) is 3.53. The molecule has 0 spiro atoms. The van der Waals surface area contributed by atoms with Crippen LogP contribution in [0.25, 0.3) is 0 Å². The maximum absolute atomic E-state index is 5.62. The molecule has 6 nitrogen and oxygen atoms in total. The molecule has 4 rings (SSSR count). The van der Waals surface area contributed by atoms with Crippen LogP contribution in [0.4, 0.5) is 5.82 Å². The fourth-order valence-corrected chi connectivity index (χ4v) is 3.51. The van der Waals surface area contributed by atoms with Gasteiger partial charge >= 0.3 is 0 Å². The minimum Gasteiger partial charge on any atom is -0.454 e. The number of rotatable bonds is 4. The molecule has 2 aliphatic rings. The van der Waals surface area contributed by atoms with Gasteiger partial charge < -0.3 is 19.5 Å². The van der Waals surface area contributed by atoms with Crippen LogP contribution in [-0.2, 0) is 10.2 Å². The third-order valence-corrected chi connectivity index (χ3v) is 5.10. The minimum atomic E-state index is -0.0168. The average molecular weight is 341 g/mol. The highest BCUT2D eigenvalue weighted by molar-refractivity contribution is 5.48. The van der Waals surface area contributed by atoms with E-state index in [0.717, 1.165) is 61.3 Å². The lowest BCUT2D eigenvalue weighted by atomic mass is 9.74. The maximum atomic E-state index is 5.62. The summed E-state index contributed by atoms with van der Waals surface area (Å²) in [5.41, 5.74) is 3.07. The Kier molecular flexibility index (Phi) is 4.21. The van der Waals surface area contributed by atoms with Crippen molar-refractivity contribution in [3.05, 3.63) is 41.3 Å². The number of hydrogen-bond donors (Lipinski definition) is 1. The number of aryl methyl sites for hydroxylation is 2. The molecule has 0 aliphatic carbocycles. The minimum absolute atomic E-state index is 0.0168. The highest BCUT2D eigenvalue weighted by Gasteiger charge is 2.35. The van der Waals surface area contributed by atoms with Gasteiger partial charge in [0.15, 0.2) is 11.5 Å². The summed E-state index contributed by atoms with van der Waals surface area (Å²) in [4.78, 5) is 8.99. The highest BCUT2D eigenvalue weighted by atomic mass is 16.7. The van der Waals surface area contributed by atoms with E-state index in [1.807, 2.05) is 19.9 Å². The molecule has 2 aliphatic heterocycles. The van der Waals surface area contributed by atoms with Crippen molar-refractivity contribution >= 4 is 5.82 Å². The van der Waals surface area contributed by atoms with Crippen molar-refractivity contribution in [2.45, 2.75) is 32.1 Å². The monoisotopic (exact) mass is 341 g/mol. The van der Waals surface area contributed by atoms with Crippen molar-refractivity contribution in [1.82, 2.24) is 9.97 Å². The van der Waals surface area contributed by atoms with Crippen LogP contribution in [0, 0.1) is 13.8 Å². The first kappa shape index (κ1) is 16.1. The van der Waals surface area contributed by atoms with Gasteiger partial charge in [-0.15, -0.1) is 0 Å². The zero-order chi connectivity index (χ0) is 17.3. The second-order valence-electron chi connectivity index (χ2n) is 6.76. The summed E-state index contributed by atoms with van der Waals surface area (Å²) >= 11 is 0. The zero-order valence-electron chi connectivity index (χ0n) is 14.7. The van der Waals surface area contributed by atoms with E-state index in [1.165, 1.54) is 5.56 Å². The van der Waals surface area contributed by atoms with Gasteiger partial charge in [0.2, 0.25) is 6.79 Å². The van der Waals surface area contributed by atoms with Crippen LogP contribution < -0.4 is 14.8 Å². The van der Waals surface area contributed by atoms with E-state index >= 15 is 0 Å². The van der Waals surface area contributed by atoms with Crippen molar-refractivity contribution in [1.29, 1.82) is 0 Å². The van der Waals surface area contributed by atoms with E-state index in [9.17, 15) is 0 Å². The molecule has 0 saturated carbocycles. The van der Waals surface area contributed by atoms with Crippen molar-refractivity contribution < 1.29 is 14.2 Å². The molecule has 2 aromatic rings. The molecule has 6 heteroatoms. The van der Waals surface area contributed by atoms with Crippen LogP contribution in [0.15, 0.2) is 24.4 Å². The van der Waals surface area contributed by atoms with Crippen LogP contribution in [0.2, 0.25) is 0 Å². The van der Waals surface area contributed by atoms with Crippen LogP contribution in [-0.4, -0.2) is 36.5 Å². The predicted octanol–water partition coefficient (Wildman–Crippen LogP) is 2.98. The van der Waals surface area contributed by atoms with Gasteiger partial charge in [-0.1, -0.05) is 6.07 Å². The SMILES string of the molecule is Cc1cnc(C)c(NCC2(c3ccc4c(c3)OCO4)CCOCC2)n1. The Hall–Kier alpha value is -2.34. The van der Waals surface area contributed by atoms with Gasteiger partial charge in [0, 0.05) is 31.4 Å². The van der Waals surface area contributed by atoms with E-state index in [0.29, 0.717) is 6.79 Å². The molecule has 0 radical (unpaired) electrons. The molecule has 1 saturated heterocycles. The first-order chi connectivity index (χ1) is 12.2. The van der Waals surface area contributed by atoms with Crippen LogP contribution in [0.1, 0.15) is 29.8 Å². The molecule has 1 aromatic carbocycles. The smallest absolute Gasteiger partial charge is 0.231 e. The summed E-state index contributed by atoms with van der Waals surface area (Å²) in [7, 11) is 0. The average Bonchev–Trinajstić information content (AvgIpc) is 3.11. The number of nitrogens with one attached hydrogen (secondary N) is 1. The third-order valence-electron chi connectivity index (χ3n) is 5.10. The zero-order valence-corrected chi connectivity index (χ0v) is 14.7. The first-order valence-electron chi connectivity index (χ1n) is 8.68. The van der Waals surface area contributed by atoms with E-state index < -0.39 is 0 Å². The highest BCUT2D eigenvalue weighted by Crippen LogP contribution is 2.41. The lowest BCUT2D eigenvalue weighted by Crippen LogP contribution is -2.40. The Labute approximate surface area is 147 Å². The number of aromatic nitrogens is 2. The van der Waals surface area contributed by atoms with Gasteiger partial charge in [-0.25, -0.2) is 4.98 Å². The largest absolute Gasteiger partial charge is 0.454 e. The van der Waals surface area contributed by atoms with E-state index in [-0.39, 0.29) is 5.41 Å². The Morgan fingerprint density at radius 2 is 1.92 bits per heavy atom. The normalized spacial score (nSPS) is 18.2. The van der Waals surface area contributed by atoms with Gasteiger partial charge in [0.25, 0.3) is 0 Å². The molecule has 0 atom stereocenters. The Bertz CT molecular complexity index is 773. The molecular formula is C19H23N3O3. The third kappa shape index (κ3) is 3.14. The lowest BCUT2D eigenvalue weighted by Gasteiger charge is -2.38. The van der Waals surface area contributed by atoms with Crippen molar-refractivity contribution in [2.24, 2.45) is 0 Å². The quantitative estimate of drug-likeness (QED) is 0.922. The second kappa shape index (κ2) is 6.52. The van der Waals surface area contributed by atoms with Crippen molar-refractivity contribution in [3.63, 3.8) is 0 Å². The van der Waals surface area contributed by atoms with Gasteiger partial charge in [-0.05, 0) is 44.4 Å². The fourth-order valence-electron chi connectivity index (χ4n) is 3.51. The molecule has 0 unspecified atom stereocenters. The fraction of sp³-hybridized carbons (Fsp3) is 0.474. The number of anilines is 1. The Morgan fingerprint density at radius 1 is 1.12 bits per heavy atom. The summed E-state index contributed by atoms with van der Waals surface area (Å²) < 4.78 is 16.6. The number of nitrogens with zero attached hydrogens (tertiary/aromatic N) is 2. The molecule has 0 bridgehead atoms. The summed E-state index contributed by atoms with van der Waals surface area (Å²) in [6.07, 6.45) is 3.71. The summed E-state index contributed by atoms with van der Waals surface area (Å²) in [6, 6.07) is 6.27. The summed E-state index contributed by atoms with van der Waals surface area (Å²) in [6.45, 7) is 6.54.